The van der Waals surface area contributed by atoms with Crippen molar-refractivity contribution in [2.45, 2.75) is 24.8 Å². The smallest absolute Gasteiger partial charge is 0.271 e. The molecule has 10 heteroatoms. The first-order valence-electron chi connectivity index (χ1n) is 8.12. The van der Waals surface area contributed by atoms with E-state index >= 15 is 0 Å². The van der Waals surface area contributed by atoms with Gasteiger partial charge in [-0.3, -0.25) is 9.59 Å². The predicted molar refractivity (Wildman–Crippen MR) is 101 cm³/mol. The number of benzene rings is 1. The van der Waals surface area contributed by atoms with Crippen molar-refractivity contribution in [2.75, 3.05) is 6.54 Å². The summed E-state index contributed by atoms with van der Waals surface area (Å²) in [4.78, 5) is 24.2. The Labute approximate surface area is 161 Å². The minimum Gasteiger partial charge on any atom is -0.503 e. The Hall–Kier alpha value is -2.36. The number of aromatic hydroxyl groups is 1. The number of carbonyl (C=O) groups excluding carboxylic acids is 1. The zero-order chi connectivity index (χ0) is 20.2. The second-order valence-corrected chi connectivity index (χ2v) is 8.00. The van der Waals surface area contributed by atoms with E-state index in [-0.39, 0.29) is 27.9 Å². The molecule has 0 unspecified atom stereocenters. The average molecular weight is 414 g/mol. The van der Waals surface area contributed by atoms with Gasteiger partial charge in [0, 0.05) is 30.4 Å². The van der Waals surface area contributed by atoms with Crippen molar-refractivity contribution in [1.29, 1.82) is 0 Å². The third kappa shape index (κ3) is 4.88. The minimum atomic E-state index is -3.88. The summed E-state index contributed by atoms with van der Waals surface area (Å²) in [5.74, 6) is -1.30. The first kappa shape index (κ1) is 20.9. The van der Waals surface area contributed by atoms with Crippen LogP contribution in [0.5, 0.6) is 5.75 Å². The number of amides is 1. The number of rotatable bonds is 7. The highest BCUT2D eigenvalue weighted by Gasteiger charge is 2.21. The van der Waals surface area contributed by atoms with Crippen molar-refractivity contribution in [3.63, 3.8) is 0 Å². The summed E-state index contributed by atoms with van der Waals surface area (Å²) in [6.45, 7) is 1.98. The standard InChI is InChI=1S/C17H20ClN3O5S/c1-3-7-19-17(24)15-16(23)14(22)9-12(21(15)2)10-20-27(25,26)13-6-4-5-11(18)8-13/h4-6,8-9,20,23H,3,7,10H2,1-2H3,(H,19,24). The number of halogens is 1. The third-order valence-corrected chi connectivity index (χ3v) is 5.46. The molecule has 146 valence electrons. The molecule has 0 fully saturated rings. The maximum absolute atomic E-state index is 12.4. The highest BCUT2D eigenvalue weighted by Crippen LogP contribution is 2.17. The predicted octanol–water partition coefficient (Wildman–Crippen LogP) is 1.36. The Bertz CT molecular complexity index is 1020. The van der Waals surface area contributed by atoms with Crippen LogP contribution in [0.2, 0.25) is 5.02 Å². The number of pyridine rings is 1. The van der Waals surface area contributed by atoms with E-state index in [4.69, 9.17) is 11.6 Å². The summed E-state index contributed by atoms with van der Waals surface area (Å²) in [5.41, 5.74) is -0.787. The van der Waals surface area contributed by atoms with Crippen LogP contribution in [0.25, 0.3) is 0 Å². The molecular formula is C17H20ClN3O5S. The zero-order valence-electron chi connectivity index (χ0n) is 14.8. The number of carbonyl (C=O) groups is 1. The van der Waals surface area contributed by atoms with Crippen molar-refractivity contribution in [3.05, 3.63) is 57.0 Å². The zero-order valence-corrected chi connectivity index (χ0v) is 16.4. The van der Waals surface area contributed by atoms with Crippen LogP contribution in [0.4, 0.5) is 0 Å². The minimum absolute atomic E-state index is 0.0281. The van der Waals surface area contributed by atoms with Gasteiger partial charge in [-0.05, 0) is 24.6 Å². The van der Waals surface area contributed by atoms with Crippen molar-refractivity contribution in [1.82, 2.24) is 14.6 Å². The molecule has 8 nitrogen and oxygen atoms in total. The molecule has 0 spiro atoms. The van der Waals surface area contributed by atoms with Gasteiger partial charge in [0.25, 0.3) is 5.91 Å². The third-order valence-electron chi connectivity index (χ3n) is 3.82. The number of nitrogens with one attached hydrogen (secondary N) is 2. The normalized spacial score (nSPS) is 11.4. The Morgan fingerprint density at radius 3 is 2.63 bits per heavy atom. The first-order chi connectivity index (χ1) is 12.7. The fourth-order valence-electron chi connectivity index (χ4n) is 2.37. The second-order valence-electron chi connectivity index (χ2n) is 5.79. The first-order valence-corrected chi connectivity index (χ1v) is 9.98. The number of hydrogen-bond donors (Lipinski definition) is 3. The number of sulfonamides is 1. The number of hydrogen-bond acceptors (Lipinski definition) is 5. The molecule has 27 heavy (non-hydrogen) atoms. The van der Waals surface area contributed by atoms with E-state index < -0.39 is 27.1 Å². The van der Waals surface area contributed by atoms with Gasteiger partial charge >= 0.3 is 0 Å². The molecule has 1 amide bonds. The molecule has 0 saturated carbocycles. The monoisotopic (exact) mass is 413 g/mol. The van der Waals surface area contributed by atoms with Crippen LogP contribution < -0.4 is 15.5 Å². The van der Waals surface area contributed by atoms with Gasteiger partial charge in [-0.2, -0.15) is 0 Å². The lowest BCUT2D eigenvalue weighted by Crippen LogP contribution is -2.31. The Morgan fingerprint density at radius 2 is 2.00 bits per heavy atom. The second kappa shape index (κ2) is 8.55. The summed E-state index contributed by atoms with van der Waals surface area (Å²) in [5, 5.41) is 12.8. The molecule has 0 aliphatic rings. The van der Waals surface area contributed by atoms with Gasteiger partial charge in [-0.1, -0.05) is 24.6 Å². The molecule has 1 aromatic heterocycles. The summed E-state index contributed by atoms with van der Waals surface area (Å²) in [6, 6.07) is 6.80. The Morgan fingerprint density at radius 1 is 1.30 bits per heavy atom. The van der Waals surface area contributed by atoms with E-state index in [1.165, 1.54) is 29.8 Å². The van der Waals surface area contributed by atoms with E-state index in [9.17, 15) is 23.1 Å². The highest BCUT2D eigenvalue weighted by molar-refractivity contribution is 7.89. The topological polar surface area (TPSA) is 118 Å². The average Bonchev–Trinajstić information content (AvgIpc) is 2.62. The van der Waals surface area contributed by atoms with Crippen molar-refractivity contribution >= 4 is 27.5 Å². The molecule has 1 heterocycles. The van der Waals surface area contributed by atoms with Gasteiger partial charge in [0.1, 0.15) is 0 Å². The molecule has 0 aliphatic carbocycles. The van der Waals surface area contributed by atoms with Crippen LogP contribution in [-0.4, -0.2) is 30.5 Å². The lowest BCUT2D eigenvalue weighted by Gasteiger charge is -2.16. The number of nitrogens with zero attached hydrogens (tertiary/aromatic N) is 1. The maximum Gasteiger partial charge on any atom is 0.271 e. The molecule has 0 saturated heterocycles. The Kier molecular flexibility index (Phi) is 6.63. The summed E-state index contributed by atoms with van der Waals surface area (Å²) in [6.07, 6.45) is 0.680. The van der Waals surface area contributed by atoms with Crippen LogP contribution in [0, 0.1) is 0 Å². The van der Waals surface area contributed by atoms with Crippen LogP contribution >= 0.6 is 11.6 Å². The summed E-state index contributed by atoms with van der Waals surface area (Å²) >= 11 is 5.82. The maximum atomic E-state index is 12.4. The molecule has 0 aliphatic heterocycles. The van der Waals surface area contributed by atoms with Gasteiger partial charge in [0.15, 0.2) is 11.4 Å². The fourth-order valence-corrected chi connectivity index (χ4v) is 3.67. The fraction of sp³-hybridized carbons (Fsp3) is 0.294. The Balaban J connectivity index is 2.33. The highest BCUT2D eigenvalue weighted by atomic mass is 35.5. The lowest BCUT2D eigenvalue weighted by atomic mass is 10.2. The molecule has 2 aromatic rings. The van der Waals surface area contributed by atoms with E-state index in [0.717, 1.165) is 6.07 Å². The van der Waals surface area contributed by atoms with E-state index in [2.05, 4.69) is 10.0 Å². The van der Waals surface area contributed by atoms with Gasteiger partial charge in [0.05, 0.1) is 11.4 Å². The van der Waals surface area contributed by atoms with Gasteiger partial charge < -0.3 is 15.0 Å². The van der Waals surface area contributed by atoms with Crippen LogP contribution in [-0.2, 0) is 23.6 Å². The summed E-state index contributed by atoms with van der Waals surface area (Å²) in [7, 11) is -2.42. The quantitative estimate of drug-likeness (QED) is 0.633. The molecule has 1 aromatic carbocycles. The largest absolute Gasteiger partial charge is 0.503 e. The summed E-state index contributed by atoms with van der Waals surface area (Å²) < 4.78 is 28.4. The number of aromatic nitrogens is 1. The van der Waals surface area contributed by atoms with Crippen LogP contribution in [0.3, 0.4) is 0 Å². The molecule has 0 atom stereocenters. The molecule has 3 N–H and O–H groups in total. The SMILES string of the molecule is CCCNC(=O)c1c(O)c(=O)cc(CNS(=O)(=O)c2cccc(Cl)c2)n1C. The van der Waals surface area contributed by atoms with E-state index in [0.29, 0.717) is 13.0 Å². The van der Waals surface area contributed by atoms with Crippen molar-refractivity contribution < 1.29 is 18.3 Å². The lowest BCUT2D eigenvalue weighted by molar-refractivity contribution is 0.0940. The molecular weight excluding hydrogens is 394 g/mol. The van der Waals surface area contributed by atoms with Crippen LogP contribution in [0.15, 0.2) is 40.0 Å². The van der Waals surface area contributed by atoms with Crippen molar-refractivity contribution in [3.8, 4) is 5.75 Å². The van der Waals surface area contributed by atoms with Crippen LogP contribution in [0.1, 0.15) is 29.5 Å². The molecule has 0 radical (unpaired) electrons. The van der Waals surface area contributed by atoms with E-state index in [1.807, 2.05) is 6.92 Å². The molecule has 0 bridgehead atoms. The van der Waals surface area contributed by atoms with Gasteiger partial charge in [-0.15, -0.1) is 0 Å². The molecule has 2 rings (SSSR count). The van der Waals surface area contributed by atoms with Crippen molar-refractivity contribution in [2.24, 2.45) is 7.05 Å². The van der Waals surface area contributed by atoms with Gasteiger partial charge in [0.2, 0.25) is 15.5 Å². The van der Waals surface area contributed by atoms with Gasteiger partial charge in [-0.25, -0.2) is 13.1 Å². The van der Waals surface area contributed by atoms with E-state index in [1.54, 1.807) is 6.07 Å².